The molecule has 0 aromatic carbocycles. The lowest BCUT2D eigenvalue weighted by atomic mass is 10.1. The van der Waals surface area contributed by atoms with E-state index in [1.165, 1.54) is 77.0 Å². The Morgan fingerprint density at radius 1 is 0.929 bits per heavy atom. The first kappa shape index (κ1) is 26.2. The van der Waals surface area contributed by atoms with Crippen LogP contribution >= 0.6 is 6.72 Å². The molecule has 0 radical (unpaired) electrons. The van der Waals surface area contributed by atoms with E-state index in [-0.39, 0.29) is 19.0 Å². The average Bonchev–Trinajstić information content (AvgIpc) is 3.10. The molecular formula is C21H41O5PS. The summed E-state index contributed by atoms with van der Waals surface area (Å²) in [6.45, 7) is -0.837. The van der Waals surface area contributed by atoms with E-state index in [1.807, 2.05) is 0 Å². The SMILES string of the molecule is CCCCCCCC/C=C\CCCCCCC[C@@H]1OC[C@H](COP(O)(O)=S)O1. The number of hydrogen-bond acceptors (Lipinski definition) is 4. The highest BCUT2D eigenvalue weighted by molar-refractivity contribution is 8.06. The van der Waals surface area contributed by atoms with Gasteiger partial charge in [0.2, 0.25) is 0 Å². The Balaban J connectivity index is 1.83. The van der Waals surface area contributed by atoms with E-state index in [0.717, 1.165) is 12.8 Å². The maximum atomic E-state index is 9.05. The summed E-state index contributed by atoms with van der Waals surface area (Å²) in [6, 6.07) is 0. The Bertz CT molecular complexity index is 441. The maximum absolute atomic E-state index is 9.05. The monoisotopic (exact) mass is 436 g/mol. The van der Waals surface area contributed by atoms with Crippen molar-refractivity contribution in [3.8, 4) is 0 Å². The molecule has 7 heteroatoms. The third-order valence-corrected chi connectivity index (χ3v) is 5.74. The van der Waals surface area contributed by atoms with Gasteiger partial charge in [-0.3, -0.25) is 0 Å². The highest BCUT2D eigenvalue weighted by atomic mass is 32.5. The first-order valence-corrected chi connectivity index (χ1v) is 13.8. The van der Waals surface area contributed by atoms with Crippen molar-refractivity contribution in [3.05, 3.63) is 12.2 Å². The molecule has 28 heavy (non-hydrogen) atoms. The van der Waals surface area contributed by atoms with Gasteiger partial charge in [-0.2, -0.15) is 0 Å². The lowest BCUT2D eigenvalue weighted by molar-refractivity contribution is -0.0691. The fourth-order valence-electron chi connectivity index (χ4n) is 3.31. The molecule has 1 heterocycles. The van der Waals surface area contributed by atoms with Crippen molar-refractivity contribution >= 4 is 18.5 Å². The molecule has 1 aliphatic heterocycles. The van der Waals surface area contributed by atoms with Gasteiger partial charge < -0.3 is 23.8 Å². The summed E-state index contributed by atoms with van der Waals surface area (Å²) >= 11 is 4.42. The minimum Gasteiger partial charge on any atom is -0.350 e. The minimum absolute atomic E-state index is 0.0765. The van der Waals surface area contributed by atoms with E-state index in [0.29, 0.717) is 6.61 Å². The third-order valence-electron chi connectivity index (χ3n) is 4.94. The van der Waals surface area contributed by atoms with Crippen LogP contribution in [0.3, 0.4) is 0 Å². The van der Waals surface area contributed by atoms with E-state index in [2.05, 4.69) is 30.9 Å². The van der Waals surface area contributed by atoms with Gasteiger partial charge >= 0.3 is 6.72 Å². The second kappa shape index (κ2) is 16.9. The van der Waals surface area contributed by atoms with Crippen LogP contribution in [0.15, 0.2) is 12.2 Å². The largest absolute Gasteiger partial charge is 0.350 e. The average molecular weight is 437 g/mol. The molecule has 2 atom stereocenters. The van der Waals surface area contributed by atoms with Gasteiger partial charge in [0.05, 0.1) is 13.2 Å². The molecule has 1 fully saturated rings. The van der Waals surface area contributed by atoms with Crippen molar-refractivity contribution in [2.75, 3.05) is 13.2 Å². The van der Waals surface area contributed by atoms with Crippen LogP contribution in [0.25, 0.3) is 0 Å². The molecule has 0 spiro atoms. The van der Waals surface area contributed by atoms with Crippen molar-refractivity contribution in [1.82, 2.24) is 0 Å². The zero-order chi connectivity index (χ0) is 20.5. The first-order valence-electron chi connectivity index (χ1n) is 11.1. The Labute approximate surface area is 177 Å². The zero-order valence-electron chi connectivity index (χ0n) is 17.6. The van der Waals surface area contributed by atoms with Gasteiger partial charge in [-0.1, -0.05) is 70.4 Å². The van der Waals surface area contributed by atoms with E-state index < -0.39 is 6.72 Å². The zero-order valence-corrected chi connectivity index (χ0v) is 19.3. The maximum Gasteiger partial charge on any atom is 0.321 e. The molecular weight excluding hydrogens is 395 g/mol. The van der Waals surface area contributed by atoms with Crippen LogP contribution in [0.1, 0.15) is 96.8 Å². The van der Waals surface area contributed by atoms with Crippen molar-refractivity contribution in [2.45, 2.75) is 109 Å². The van der Waals surface area contributed by atoms with Crippen molar-refractivity contribution in [1.29, 1.82) is 0 Å². The molecule has 1 aliphatic rings. The van der Waals surface area contributed by atoms with Crippen LogP contribution in [0.5, 0.6) is 0 Å². The third kappa shape index (κ3) is 16.0. The van der Waals surface area contributed by atoms with Crippen LogP contribution in [-0.2, 0) is 25.8 Å². The summed E-state index contributed by atoms with van der Waals surface area (Å²) in [6.07, 6.45) is 21.9. The van der Waals surface area contributed by atoms with Gasteiger partial charge in [0.1, 0.15) is 6.10 Å². The lowest BCUT2D eigenvalue weighted by Crippen LogP contribution is -2.18. The normalized spacial score (nSPS) is 20.4. The van der Waals surface area contributed by atoms with E-state index in [4.69, 9.17) is 23.8 Å². The Kier molecular flexibility index (Phi) is 15.9. The molecule has 0 aliphatic carbocycles. The Hall–Kier alpha value is 0.190. The number of unbranched alkanes of at least 4 members (excludes halogenated alkanes) is 11. The van der Waals surface area contributed by atoms with Gasteiger partial charge in [0, 0.05) is 0 Å². The predicted octanol–water partition coefficient (Wildman–Crippen LogP) is 5.99. The fraction of sp³-hybridized carbons (Fsp3) is 0.905. The fourth-order valence-corrected chi connectivity index (χ4v) is 3.85. The lowest BCUT2D eigenvalue weighted by Gasteiger charge is -2.13. The van der Waals surface area contributed by atoms with E-state index in [1.54, 1.807) is 0 Å². The molecule has 1 saturated heterocycles. The minimum atomic E-state index is -3.60. The van der Waals surface area contributed by atoms with Gasteiger partial charge in [-0.25, -0.2) is 0 Å². The van der Waals surface area contributed by atoms with Crippen LogP contribution in [0, 0.1) is 0 Å². The molecule has 0 bridgehead atoms. The first-order chi connectivity index (χ1) is 13.5. The highest BCUT2D eigenvalue weighted by Crippen LogP contribution is 2.37. The molecule has 0 saturated carbocycles. The molecule has 1 rings (SSSR count). The molecule has 0 unspecified atom stereocenters. The van der Waals surface area contributed by atoms with Crippen molar-refractivity contribution in [3.63, 3.8) is 0 Å². The Morgan fingerprint density at radius 2 is 1.50 bits per heavy atom. The summed E-state index contributed by atoms with van der Waals surface area (Å²) in [5, 5.41) is 0. The van der Waals surface area contributed by atoms with Crippen molar-refractivity contribution in [2.24, 2.45) is 0 Å². The molecule has 0 aromatic rings. The van der Waals surface area contributed by atoms with Gasteiger partial charge in [0.15, 0.2) is 6.29 Å². The number of ether oxygens (including phenoxy) is 2. The quantitative estimate of drug-likeness (QED) is 0.156. The molecule has 2 N–H and O–H groups in total. The summed E-state index contributed by atoms with van der Waals surface area (Å²) in [5.41, 5.74) is 0. The number of allylic oxidation sites excluding steroid dienone is 2. The Morgan fingerprint density at radius 3 is 2.11 bits per heavy atom. The smallest absolute Gasteiger partial charge is 0.321 e. The van der Waals surface area contributed by atoms with Gasteiger partial charge in [0.25, 0.3) is 0 Å². The summed E-state index contributed by atoms with van der Waals surface area (Å²) in [4.78, 5) is 18.1. The molecule has 5 nitrogen and oxygen atoms in total. The molecule has 0 aromatic heterocycles. The van der Waals surface area contributed by atoms with E-state index in [9.17, 15) is 0 Å². The predicted molar refractivity (Wildman–Crippen MR) is 119 cm³/mol. The van der Waals surface area contributed by atoms with E-state index >= 15 is 0 Å². The van der Waals surface area contributed by atoms with Crippen LogP contribution in [-0.4, -0.2) is 35.4 Å². The van der Waals surface area contributed by atoms with Gasteiger partial charge in [-0.05, 0) is 50.3 Å². The van der Waals surface area contributed by atoms with Crippen molar-refractivity contribution < 1.29 is 23.8 Å². The number of hydrogen-bond donors (Lipinski definition) is 2. The van der Waals surface area contributed by atoms with Gasteiger partial charge in [-0.15, -0.1) is 0 Å². The molecule has 166 valence electrons. The van der Waals surface area contributed by atoms with Crippen LogP contribution in [0.2, 0.25) is 0 Å². The summed E-state index contributed by atoms with van der Waals surface area (Å²) < 4.78 is 16.0. The topological polar surface area (TPSA) is 68.2 Å². The van der Waals surface area contributed by atoms with Crippen LogP contribution < -0.4 is 0 Å². The highest BCUT2D eigenvalue weighted by Gasteiger charge is 2.27. The van der Waals surface area contributed by atoms with Crippen LogP contribution in [0.4, 0.5) is 0 Å². The second-order valence-electron chi connectivity index (χ2n) is 7.68. The molecule has 0 amide bonds. The summed E-state index contributed by atoms with van der Waals surface area (Å²) in [7, 11) is 0. The second-order valence-corrected chi connectivity index (χ2v) is 10.3. The summed E-state index contributed by atoms with van der Waals surface area (Å²) in [5.74, 6) is 0. The standard InChI is InChI=1S/C21H41O5PS/c1-2-3-4-5-6-7-8-9-10-11-12-13-14-15-16-17-21-24-18-20(26-21)19-25-27(22,23)28/h9-10,20-21H,2-8,11-19H2,1H3,(H2,22,23,28)/b10-9-/t20-,21-/m1/s1. The number of rotatable bonds is 18.